The first-order valence-corrected chi connectivity index (χ1v) is 7.72. The molecule has 0 aliphatic rings. The number of nitrogens with zero attached hydrogens (tertiary/aromatic N) is 2. The Morgan fingerprint density at radius 2 is 2.27 bits per heavy atom. The Labute approximate surface area is 139 Å². The maximum atomic E-state index is 12.1. The smallest absolute Gasteiger partial charge is 0.315 e. The van der Waals surface area contributed by atoms with Crippen molar-refractivity contribution in [3.05, 3.63) is 51.1 Å². The number of terminal acetylenes is 1. The summed E-state index contributed by atoms with van der Waals surface area (Å²) in [7, 11) is 0. The van der Waals surface area contributed by atoms with E-state index in [1.54, 1.807) is 28.8 Å². The van der Waals surface area contributed by atoms with E-state index >= 15 is 0 Å². The topological polar surface area (TPSA) is 47.5 Å². The summed E-state index contributed by atoms with van der Waals surface area (Å²) in [5, 5.41) is 0.969. The molecule has 0 unspecified atom stereocenters. The molecule has 1 amide bonds. The first-order chi connectivity index (χ1) is 10.6. The lowest BCUT2D eigenvalue weighted by Crippen LogP contribution is -2.16. The van der Waals surface area contributed by atoms with E-state index < -0.39 is 5.91 Å². The highest BCUT2D eigenvalue weighted by Gasteiger charge is 2.13. The fourth-order valence-electron chi connectivity index (χ4n) is 1.99. The molecule has 0 bridgehead atoms. The van der Waals surface area contributed by atoms with E-state index in [1.165, 1.54) is 17.6 Å². The largest absolute Gasteiger partial charge is 0.459 e. The van der Waals surface area contributed by atoms with Gasteiger partial charge in [0.15, 0.2) is 10.6 Å². The zero-order chi connectivity index (χ0) is 15.7. The molecule has 2 heterocycles. The predicted octanol–water partition coefficient (Wildman–Crippen LogP) is 3.98. The number of furan rings is 1. The van der Waals surface area contributed by atoms with E-state index in [4.69, 9.17) is 34.0 Å². The number of hydrogen-bond acceptors (Lipinski definition) is 3. The molecule has 0 spiro atoms. The number of thiazole rings is 1. The van der Waals surface area contributed by atoms with Crippen molar-refractivity contribution in [1.29, 1.82) is 0 Å². The number of carbonyl (C=O) groups is 1. The second kappa shape index (κ2) is 6.01. The SMILES string of the molecule is C#CCn1c(=NC(=O)c2ccco2)sc2cc(Cl)cc(Cl)c21. The summed E-state index contributed by atoms with van der Waals surface area (Å²) < 4.78 is 7.56. The minimum absolute atomic E-state index is 0.161. The van der Waals surface area contributed by atoms with Crippen molar-refractivity contribution in [3.63, 3.8) is 0 Å². The zero-order valence-corrected chi connectivity index (χ0v) is 13.4. The number of halogens is 2. The lowest BCUT2D eigenvalue weighted by Gasteiger charge is -2.02. The monoisotopic (exact) mass is 350 g/mol. The summed E-state index contributed by atoms with van der Waals surface area (Å²) in [6, 6.07) is 6.56. The maximum absolute atomic E-state index is 12.1. The van der Waals surface area contributed by atoms with E-state index in [0.717, 1.165) is 4.70 Å². The highest BCUT2D eigenvalue weighted by Crippen LogP contribution is 2.29. The van der Waals surface area contributed by atoms with Crippen LogP contribution in [0.15, 0.2) is 39.9 Å². The van der Waals surface area contributed by atoms with Crippen LogP contribution in [-0.2, 0) is 6.54 Å². The Morgan fingerprint density at radius 1 is 1.45 bits per heavy atom. The Kier molecular flexibility index (Phi) is 4.08. The lowest BCUT2D eigenvalue weighted by atomic mass is 10.3. The van der Waals surface area contributed by atoms with Crippen molar-refractivity contribution < 1.29 is 9.21 Å². The maximum Gasteiger partial charge on any atom is 0.315 e. The van der Waals surface area contributed by atoms with Crippen LogP contribution in [0.5, 0.6) is 0 Å². The summed E-state index contributed by atoms with van der Waals surface area (Å²) in [4.78, 5) is 16.6. The molecule has 0 aliphatic heterocycles. The van der Waals surface area contributed by atoms with Crippen LogP contribution in [-0.4, -0.2) is 10.5 Å². The Balaban J connectivity index is 2.25. The van der Waals surface area contributed by atoms with E-state index in [-0.39, 0.29) is 12.3 Å². The summed E-state index contributed by atoms with van der Waals surface area (Å²) in [6.45, 7) is 0.242. The van der Waals surface area contributed by atoms with E-state index in [2.05, 4.69) is 10.9 Å². The van der Waals surface area contributed by atoms with Crippen LogP contribution in [0, 0.1) is 12.3 Å². The average Bonchev–Trinajstić information content (AvgIpc) is 3.08. The molecule has 7 heteroatoms. The molecule has 1 aromatic carbocycles. The van der Waals surface area contributed by atoms with Gasteiger partial charge >= 0.3 is 5.91 Å². The van der Waals surface area contributed by atoms with Crippen molar-refractivity contribution in [2.45, 2.75) is 6.54 Å². The summed E-state index contributed by atoms with van der Waals surface area (Å²) >= 11 is 13.5. The Morgan fingerprint density at radius 3 is 2.95 bits per heavy atom. The minimum Gasteiger partial charge on any atom is -0.459 e. The minimum atomic E-state index is -0.482. The van der Waals surface area contributed by atoms with Gasteiger partial charge in [-0.25, -0.2) is 0 Å². The van der Waals surface area contributed by atoms with Gasteiger partial charge in [-0.1, -0.05) is 40.5 Å². The van der Waals surface area contributed by atoms with Gasteiger partial charge < -0.3 is 8.98 Å². The molecule has 110 valence electrons. The van der Waals surface area contributed by atoms with Gasteiger partial charge in [0.25, 0.3) is 0 Å². The predicted molar refractivity (Wildman–Crippen MR) is 87.3 cm³/mol. The standard InChI is InChI=1S/C15H8Cl2N2O2S/c1-2-5-19-13-10(17)7-9(16)8-12(13)22-15(19)18-14(20)11-4-3-6-21-11/h1,3-4,6-8H,5H2. The number of amides is 1. The number of aromatic nitrogens is 1. The van der Waals surface area contributed by atoms with Crippen LogP contribution in [0.3, 0.4) is 0 Å². The lowest BCUT2D eigenvalue weighted by molar-refractivity contribution is 0.0971. The molecule has 4 nitrogen and oxygen atoms in total. The Bertz CT molecular complexity index is 962. The normalized spacial score (nSPS) is 11.8. The molecule has 0 N–H and O–H groups in total. The van der Waals surface area contributed by atoms with Crippen molar-refractivity contribution in [1.82, 2.24) is 4.57 Å². The van der Waals surface area contributed by atoms with Crippen molar-refractivity contribution >= 4 is 50.7 Å². The van der Waals surface area contributed by atoms with Gasteiger partial charge in [0.05, 0.1) is 28.0 Å². The fourth-order valence-corrected chi connectivity index (χ4v) is 3.80. The summed E-state index contributed by atoms with van der Waals surface area (Å²) in [6.07, 6.45) is 6.82. The van der Waals surface area contributed by atoms with Crippen LogP contribution in [0.1, 0.15) is 10.6 Å². The number of fused-ring (bicyclic) bond motifs is 1. The number of carbonyl (C=O) groups excluding carboxylic acids is 1. The molecule has 22 heavy (non-hydrogen) atoms. The Hall–Kier alpha value is -2.00. The molecule has 0 saturated carbocycles. The fraction of sp³-hybridized carbons (Fsp3) is 0.0667. The van der Waals surface area contributed by atoms with Gasteiger partial charge in [-0.3, -0.25) is 4.79 Å². The third-order valence-corrected chi connectivity index (χ3v) is 4.41. The highest BCUT2D eigenvalue weighted by atomic mass is 35.5. The third kappa shape index (κ3) is 2.69. The third-order valence-electron chi connectivity index (χ3n) is 2.87. The summed E-state index contributed by atoms with van der Waals surface area (Å²) in [5.74, 6) is 2.21. The molecule has 0 aliphatic carbocycles. The van der Waals surface area contributed by atoms with Crippen LogP contribution in [0.2, 0.25) is 10.0 Å². The molecule has 3 rings (SSSR count). The van der Waals surface area contributed by atoms with Crippen molar-refractivity contribution in [2.75, 3.05) is 0 Å². The molecule has 0 atom stereocenters. The number of hydrogen-bond donors (Lipinski definition) is 0. The van der Waals surface area contributed by atoms with Crippen molar-refractivity contribution in [2.24, 2.45) is 4.99 Å². The van der Waals surface area contributed by atoms with Crippen LogP contribution in [0.25, 0.3) is 10.2 Å². The van der Waals surface area contributed by atoms with Crippen LogP contribution < -0.4 is 4.80 Å². The quantitative estimate of drug-likeness (QED) is 0.656. The summed E-state index contributed by atoms with van der Waals surface area (Å²) in [5.41, 5.74) is 0.708. The molecule has 0 saturated heterocycles. The second-order valence-corrected chi connectivity index (χ2v) is 6.16. The van der Waals surface area contributed by atoms with Gasteiger partial charge in [-0.05, 0) is 24.3 Å². The van der Waals surface area contributed by atoms with Gasteiger partial charge in [0.1, 0.15) is 0 Å². The van der Waals surface area contributed by atoms with Gasteiger partial charge in [0, 0.05) is 5.02 Å². The van der Waals surface area contributed by atoms with Crippen LogP contribution in [0.4, 0.5) is 0 Å². The van der Waals surface area contributed by atoms with Gasteiger partial charge in [-0.15, -0.1) is 6.42 Å². The second-order valence-electron chi connectivity index (χ2n) is 4.30. The molecule has 0 fully saturated rings. The molecular weight excluding hydrogens is 343 g/mol. The van der Waals surface area contributed by atoms with Gasteiger partial charge in [0.2, 0.25) is 0 Å². The first kappa shape index (κ1) is 14.9. The first-order valence-electron chi connectivity index (χ1n) is 6.14. The van der Waals surface area contributed by atoms with E-state index in [0.29, 0.717) is 20.4 Å². The van der Waals surface area contributed by atoms with E-state index in [1.807, 2.05) is 0 Å². The van der Waals surface area contributed by atoms with Crippen LogP contribution >= 0.6 is 34.5 Å². The highest BCUT2D eigenvalue weighted by molar-refractivity contribution is 7.16. The number of rotatable bonds is 2. The van der Waals surface area contributed by atoms with Gasteiger partial charge in [-0.2, -0.15) is 4.99 Å². The van der Waals surface area contributed by atoms with Crippen molar-refractivity contribution in [3.8, 4) is 12.3 Å². The molecule has 2 aromatic heterocycles. The zero-order valence-electron chi connectivity index (χ0n) is 11.0. The average molecular weight is 351 g/mol. The van der Waals surface area contributed by atoms with E-state index in [9.17, 15) is 4.79 Å². The molecule has 3 aromatic rings. The molecule has 0 radical (unpaired) electrons. The number of benzene rings is 1. The molecular formula is C15H8Cl2N2O2S.